The van der Waals surface area contributed by atoms with Crippen molar-refractivity contribution in [1.82, 2.24) is 19.4 Å². The maximum absolute atomic E-state index is 12.1. The van der Waals surface area contributed by atoms with Crippen LogP contribution in [0.15, 0.2) is 17.3 Å². The molecule has 6 nitrogen and oxygen atoms in total. The Hall–Kier alpha value is -0.920. The van der Waals surface area contributed by atoms with Crippen LogP contribution in [-0.2, 0) is 17.1 Å². The fraction of sp³-hybridized carbons (Fsp3) is 0.750. The number of aromatic nitrogens is 2. The molecule has 1 unspecified atom stereocenters. The summed E-state index contributed by atoms with van der Waals surface area (Å²) in [6, 6.07) is 0.286. The van der Waals surface area contributed by atoms with Gasteiger partial charge in [-0.05, 0) is 32.4 Å². The highest BCUT2D eigenvalue weighted by Gasteiger charge is 2.23. The number of sulfonamides is 1. The Morgan fingerprint density at radius 3 is 2.63 bits per heavy atom. The molecule has 7 heteroatoms. The lowest BCUT2D eigenvalue weighted by atomic mass is 10.2. The summed E-state index contributed by atoms with van der Waals surface area (Å²) in [5.41, 5.74) is 0. The molecule has 2 rings (SSSR count). The molecule has 0 radical (unpaired) electrons. The van der Waals surface area contributed by atoms with Crippen molar-refractivity contribution < 1.29 is 8.42 Å². The van der Waals surface area contributed by atoms with Gasteiger partial charge in [0, 0.05) is 25.8 Å². The predicted molar refractivity (Wildman–Crippen MR) is 73.3 cm³/mol. The van der Waals surface area contributed by atoms with Crippen molar-refractivity contribution in [1.29, 1.82) is 0 Å². The molecule has 0 spiro atoms. The molecule has 0 bridgehead atoms. The number of aryl methyl sites for hydroxylation is 1. The number of hydrogen-bond acceptors (Lipinski definition) is 4. The first-order valence-electron chi connectivity index (χ1n) is 6.75. The number of likely N-dealkylation sites (tertiary alicyclic amines) is 1. The van der Waals surface area contributed by atoms with E-state index >= 15 is 0 Å². The topological polar surface area (TPSA) is 67.2 Å². The molecule has 1 aliphatic heterocycles. The van der Waals surface area contributed by atoms with Gasteiger partial charge in [0.1, 0.15) is 4.90 Å². The fourth-order valence-electron chi connectivity index (χ4n) is 2.47. The van der Waals surface area contributed by atoms with Crippen LogP contribution in [0.1, 0.15) is 26.2 Å². The molecule has 1 aromatic rings. The molecule has 0 aliphatic carbocycles. The molecule has 0 saturated carbocycles. The fourth-order valence-corrected chi connectivity index (χ4v) is 3.52. The second-order valence-corrected chi connectivity index (χ2v) is 6.77. The quantitative estimate of drug-likeness (QED) is 0.830. The average Bonchev–Trinajstić information content (AvgIpc) is 3.01. The lowest BCUT2D eigenvalue weighted by Crippen LogP contribution is -2.42. The molecule has 1 saturated heterocycles. The van der Waals surface area contributed by atoms with Crippen LogP contribution in [0.3, 0.4) is 0 Å². The summed E-state index contributed by atoms with van der Waals surface area (Å²) in [6.45, 7) is 4.72. The highest BCUT2D eigenvalue weighted by Crippen LogP contribution is 2.14. The first-order chi connectivity index (χ1) is 9.03. The smallest absolute Gasteiger partial charge is 0.243 e. The first kappa shape index (κ1) is 14.5. The Kier molecular flexibility index (Phi) is 4.59. The number of nitrogens with zero attached hydrogens (tertiary/aromatic N) is 3. The Balaban J connectivity index is 1.96. The number of hydrogen-bond donors (Lipinski definition) is 1. The summed E-state index contributed by atoms with van der Waals surface area (Å²) in [4.78, 5) is 2.59. The lowest BCUT2D eigenvalue weighted by Gasteiger charge is -2.26. The molecular weight excluding hydrogens is 264 g/mol. The maximum Gasteiger partial charge on any atom is 0.243 e. The first-order valence-corrected chi connectivity index (χ1v) is 8.23. The van der Waals surface area contributed by atoms with Gasteiger partial charge in [0.2, 0.25) is 10.0 Å². The van der Waals surface area contributed by atoms with Gasteiger partial charge in [-0.1, -0.05) is 6.92 Å². The van der Waals surface area contributed by atoms with Crippen LogP contribution in [0, 0.1) is 0 Å². The normalized spacial score (nSPS) is 18.8. The summed E-state index contributed by atoms with van der Waals surface area (Å²) >= 11 is 0. The second kappa shape index (κ2) is 6.02. The Labute approximate surface area is 114 Å². The zero-order valence-corrected chi connectivity index (χ0v) is 12.4. The highest BCUT2D eigenvalue weighted by molar-refractivity contribution is 7.89. The van der Waals surface area contributed by atoms with E-state index in [1.807, 2.05) is 0 Å². The maximum atomic E-state index is 12.1. The van der Waals surface area contributed by atoms with Crippen LogP contribution in [0.4, 0.5) is 0 Å². The molecule has 1 aliphatic rings. The SMILES string of the molecule is CCC(CNS(=O)(=O)c1cnn(C)c1)N1CCCC1. The minimum atomic E-state index is -3.43. The van der Waals surface area contributed by atoms with Crippen LogP contribution in [0.25, 0.3) is 0 Å². The molecular formula is C12H22N4O2S. The Bertz CT molecular complexity index is 506. The van der Waals surface area contributed by atoms with Crippen LogP contribution in [0.2, 0.25) is 0 Å². The van der Waals surface area contributed by atoms with Gasteiger partial charge in [-0.25, -0.2) is 13.1 Å². The van der Waals surface area contributed by atoms with Crippen LogP contribution < -0.4 is 4.72 Å². The monoisotopic (exact) mass is 286 g/mol. The van der Waals surface area contributed by atoms with Gasteiger partial charge in [0.05, 0.1) is 6.20 Å². The summed E-state index contributed by atoms with van der Waals surface area (Å²) in [5, 5.41) is 3.89. The zero-order chi connectivity index (χ0) is 13.9. The van der Waals surface area contributed by atoms with E-state index in [0.29, 0.717) is 6.54 Å². The Morgan fingerprint density at radius 1 is 1.42 bits per heavy atom. The zero-order valence-electron chi connectivity index (χ0n) is 11.5. The van der Waals surface area contributed by atoms with Crippen molar-refractivity contribution in [2.75, 3.05) is 19.6 Å². The van der Waals surface area contributed by atoms with E-state index in [1.165, 1.54) is 29.9 Å². The van der Waals surface area contributed by atoms with E-state index in [0.717, 1.165) is 19.5 Å². The molecule has 108 valence electrons. The van der Waals surface area contributed by atoms with E-state index < -0.39 is 10.0 Å². The molecule has 1 N–H and O–H groups in total. The molecule has 19 heavy (non-hydrogen) atoms. The van der Waals surface area contributed by atoms with Crippen LogP contribution in [-0.4, -0.2) is 48.8 Å². The predicted octanol–water partition coefficient (Wildman–Crippen LogP) is 0.573. The molecule has 1 aromatic heterocycles. The van der Waals surface area contributed by atoms with Gasteiger partial charge < -0.3 is 0 Å². The van der Waals surface area contributed by atoms with Crippen molar-refractivity contribution >= 4 is 10.0 Å². The highest BCUT2D eigenvalue weighted by atomic mass is 32.2. The molecule has 2 heterocycles. The average molecular weight is 286 g/mol. The van der Waals surface area contributed by atoms with Gasteiger partial charge in [-0.3, -0.25) is 9.58 Å². The lowest BCUT2D eigenvalue weighted by molar-refractivity contribution is 0.237. The van der Waals surface area contributed by atoms with Crippen molar-refractivity contribution in [2.24, 2.45) is 7.05 Å². The minimum absolute atomic E-state index is 0.228. The van der Waals surface area contributed by atoms with Crippen LogP contribution in [0.5, 0.6) is 0 Å². The summed E-state index contributed by atoms with van der Waals surface area (Å²) in [6.07, 6.45) is 6.27. The molecule has 1 atom stereocenters. The standard InChI is InChI=1S/C12H22N4O2S/c1-3-11(16-6-4-5-7-16)8-14-19(17,18)12-9-13-15(2)10-12/h9-11,14H,3-8H2,1-2H3. The van der Waals surface area contributed by atoms with Crippen molar-refractivity contribution in [3.63, 3.8) is 0 Å². The third-order valence-electron chi connectivity index (χ3n) is 3.63. The molecule has 1 fully saturated rings. The van der Waals surface area contributed by atoms with Gasteiger partial charge in [0.15, 0.2) is 0 Å². The third-order valence-corrected chi connectivity index (χ3v) is 5.01. The summed E-state index contributed by atoms with van der Waals surface area (Å²) in [7, 11) is -1.73. The summed E-state index contributed by atoms with van der Waals surface area (Å²) in [5.74, 6) is 0. The second-order valence-electron chi connectivity index (χ2n) is 5.01. The third kappa shape index (κ3) is 3.55. The van der Waals surface area contributed by atoms with Gasteiger partial charge in [-0.2, -0.15) is 5.10 Å². The van der Waals surface area contributed by atoms with Crippen LogP contribution >= 0.6 is 0 Å². The minimum Gasteiger partial charge on any atom is -0.299 e. The van der Waals surface area contributed by atoms with Gasteiger partial charge in [0.25, 0.3) is 0 Å². The van der Waals surface area contributed by atoms with Crippen molar-refractivity contribution in [3.05, 3.63) is 12.4 Å². The van der Waals surface area contributed by atoms with Gasteiger partial charge >= 0.3 is 0 Å². The Morgan fingerprint density at radius 2 is 2.11 bits per heavy atom. The largest absolute Gasteiger partial charge is 0.299 e. The van der Waals surface area contributed by atoms with Crippen molar-refractivity contribution in [2.45, 2.75) is 37.1 Å². The molecule has 0 aromatic carbocycles. The van der Waals surface area contributed by atoms with E-state index in [1.54, 1.807) is 7.05 Å². The summed E-state index contributed by atoms with van der Waals surface area (Å²) < 4.78 is 28.4. The molecule has 0 amide bonds. The van der Waals surface area contributed by atoms with E-state index in [-0.39, 0.29) is 10.9 Å². The van der Waals surface area contributed by atoms with E-state index in [9.17, 15) is 8.42 Å². The number of rotatable bonds is 6. The van der Waals surface area contributed by atoms with Crippen molar-refractivity contribution in [3.8, 4) is 0 Å². The van der Waals surface area contributed by atoms with Gasteiger partial charge in [-0.15, -0.1) is 0 Å². The number of nitrogens with one attached hydrogen (secondary N) is 1. The van der Waals surface area contributed by atoms with E-state index in [4.69, 9.17) is 0 Å². The van der Waals surface area contributed by atoms with E-state index in [2.05, 4.69) is 21.6 Å².